The molecule has 2 rings (SSSR count). The highest BCUT2D eigenvalue weighted by Gasteiger charge is 2.27. The molecule has 1 aromatic carbocycles. The summed E-state index contributed by atoms with van der Waals surface area (Å²) in [6, 6.07) is 6.49. The first kappa shape index (κ1) is 13.4. The highest BCUT2D eigenvalue weighted by molar-refractivity contribution is 5.23. The molecule has 1 aliphatic heterocycles. The van der Waals surface area contributed by atoms with Crippen LogP contribution in [0, 0.1) is 0 Å². The van der Waals surface area contributed by atoms with Gasteiger partial charge in [0.05, 0.1) is 5.60 Å². The third-order valence-corrected chi connectivity index (χ3v) is 3.57. The summed E-state index contributed by atoms with van der Waals surface area (Å²) in [7, 11) is 0. The zero-order chi connectivity index (χ0) is 13.2. The van der Waals surface area contributed by atoms with Crippen molar-refractivity contribution in [3.8, 4) is 0 Å². The second kappa shape index (κ2) is 5.33. The zero-order valence-corrected chi connectivity index (χ0v) is 10.6. The molecule has 2 nitrogen and oxygen atoms in total. The van der Waals surface area contributed by atoms with Gasteiger partial charge >= 0.3 is 0 Å². The van der Waals surface area contributed by atoms with Crippen molar-refractivity contribution >= 4 is 0 Å². The molecule has 0 radical (unpaired) electrons. The van der Waals surface area contributed by atoms with Crippen molar-refractivity contribution in [3.63, 3.8) is 0 Å². The SMILES string of the molecule is CC1(O)CCN(Cc2ccc(C(F)F)cc2)CC1. The minimum atomic E-state index is -2.40. The van der Waals surface area contributed by atoms with E-state index in [-0.39, 0.29) is 5.56 Å². The fraction of sp³-hybridized carbons (Fsp3) is 0.571. The van der Waals surface area contributed by atoms with Gasteiger partial charge in [0.25, 0.3) is 6.43 Å². The number of nitrogens with zero attached hydrogens (tertiary/aromatic N) is 1. The standard InChI is InChI=1S/C14H19F2NO/c1-14(18)6-8-17(9-7-14)10-11-2-4-12(5-3-11)13(15)16/h2-5,13,18H,6-10H2,1H3. The Labute approximate surface area is 106 Å². The molecule has 0 atom stereocenters. The van der Waals surface area contributed by atoms with Gasteiger partial charge in [0.1, 0.15) is 0 Å². The molecule has 1 saturated heterocycles. The van der Waals surface area contributed by atoms with Crippen molar-refractivity contribution in [2.45, 2.75) is 38.3 Å². The van der Waals surface area contributed by atoms with E-state index < -0.39 is 12.0 Å². The zero-order valence-electron chi connectivity index (χ0n) is 10.6. The van der Waals surface area contributed by atoms with Crippen molar-refractivity contribution in [3.05, 3.63) is 35.4 Å². The van der Waals surface area contributed by atoms with Crippen LogP contribution < -0.4 is 0 Å². The van der Waals surface area contributed by atoms with Crippen LogP contribution in [0.15, 0.2) is 24.3 Å². The van der Waals surface area contributed by atoms with Crippen molar-refractivity contribution < 1.29 is 13.9 Å². The smallest absolute Gasteiger partial charge is 0.263 e. The van der Waals surface area contributed by atoms with Crippen LogP contribution in [0.25, 0.3) is 0 Å². The van der Waals surface area contributed by atoms with Gasteiger partial charge in [-0.1, -0.05) is 24.3 Å². The fourth-order valence-corrected chi connectivity index (χ4v) is 2.22. The molecule has 0 spiro atoms. The molecule has 18 heavy (non-hydrogen) atoms. The van der Waals surface area contributed by atoms with E-state index in [1.807, 2.05) is 6.92 Å². The first-order chi connectivity index (χ1) is 8.46. The molecule has 0 bridgehead atoms. The molecule has 0 aromatic heterocycles. The summed E-state index contributed by atoms with van der Waals surface area (Å²) in [5.74, 6) is 0. The minimum Gasteiger partial charge on any atom is -0.390 e. The number of aliphatic hydroxyl groups is 1. The van der Waals surface area contributed by atoms with Gasteiger partial charge in [0, 0.05) is 25.2 Å². The van der Waals surface area contributed by atoms with E-state index in [0.29, 0.717) is 0 Å². The molecule has 1 aliphatic rings. The summed E-state index contributed by atoms with van der Waals surface area (Å²) >= 11 is 0. The molecule has 1 aromatic rings. The van der Waals surface area contributed by atoms with Crippen LogP contribution in [0.4, 0.5) is 8.78 Å². The second-order valence-electron chi connectivity index (χ2n) is 5.32. The van der Waals surface area contributed by atoms with Crippen LogP contribution in [0.2, 0.25) is 0 Å². The van der Waals surface area contributed by atoms with Crippen LogP contribution in [0.3, 0.4) is 0 Å². The molecule has 0 saturated carbocycles. The first-order valence-electron chi connectivity index (χ1n) is 6.28. The van der Waals surface area contributed by atoms with Crippen LogP contribution in [-0.2, 0) is 6.54 Å². The van der Waals surface area contributed by atoms with Gasteiger partial charge in [-0.05, 0) is 25.3 Å². The third kappa shape index (κ3) is 3.50. The predicted octanol–water partition coefficient (Wildman–Crippen LogP) is 2.97. The van der Waals surface area contributed by atoms with Crippen LogP contribution >= 0.6 is 0 Å². The number of halogens is 2. The van der Waals surface area contributed by atoms with Crippen LogP contribution in [0.5, 0.6) is 0 Å². The maximum Gasteiger partial charge on any atom is 0.263 e. The number of hydrogen-bond donors (Lipinski definition) is 1. The maximum absolute atomic E-state index is 12.4. The highest BCUT2D eigenvalue weighted by atomic mass is 19.3. The van der Waals surface area contributed by atoms with Crippen LogP contribution in [-0.4, -0.2) is 28.7 Å². The molecular weight excluding hydrogens is 236 g/mol. The highest BCUT2D eigenvalue weighted by Crippen LogP contribution is 2.23. The Kier molecular flexibility index (Phi) is 3.97. The topological polar surface area (TPSA) is 23.5 Å². The summed E-state index contributed by atoms with van der Waals surface area (Å²) in [5, 5.41) is 9.85. The number of likely N-dealkylation sites (tertiary alicyclic amines) is 1. The van der Waals surface area contributed by atoms with E-state index in [1.165, 1.54) is 12.1 Å². The van der Waals surface area contributed by atoms with E-state index in [4.69, 9.17) is 0 Å². The quantitative estimate of drug-likeness (QED) is 0.897. The molecule has 1 N–H and O–H groups in total. The number of alkyl halides is 2. The Balaban J connectivity index is 1.90. The van der Waals surface area contributed by atoms with Crippen molar-refractivity contribution in [1.29, 1.82) is 0 Å². The Morgan fingerprint density at radius 3 is 2.28 bits per heavy atom. The van der Waals surface area contributed by atoms with Gasteiger partial charge in [0.2, 0.25) is 0 Å². The summed E-state index contributed by atoms with van der Waals surface area (Å²) in [6.07, 6.45) is -0.867. The van der Waals surface area contributed by atoms with Gasteiger partial charge in [-0.2, -0.15) is 0 Å². The van der Waals surface area contributed by atoms with Gasteiger partial charge in [0.15, 0.2) is 0 Å². The number of rotatable bonds is 3. The average molecular weight is 255 g/mol. The number of hydrogen-bond acceptors (Lipinski definition) is 2. The Bertz CT molecular complexity index is 379. The molecule has 0 unspecified atom stereocenters. The van der Waals surface area contributed by atoms with E-state index in [0.717, 1.165) is 38.0 Å². The minimum absolute atomic E-state index is 0.0697. The number of benzene rings is 1. The lowest BCUT2D eigenvalue weighted by atomic mass is 9.93. The first-order valence-corrected chi connectivity index (χ1v) is 6.28. The van der Waals surface area contributed by atoms with Crippen molar-refractivity contribution in [2.75, 3.05) is 13.1 Å². The number of piperidine rings is 1. The Morgan fingerprint density at radius 2 is 1.78 bits per heavy atom. The van der Waals surface area contributed by atoms with E-state index >= 15 is 0 Å². The largest absolute Gasteiger partial charge is 0.390 e. The van der Waals surface area contributed by atoms with E-state index in [9.17, 15) is 13.9 Å². The molecule has 100 valence electrons. The third-order valence-electron chi connectivity index (χ3n) is 3.57. The summed E-state index contributed by atoms with van der Waals surface area (Å²) in [6.45, 7) is 4.33. The van der Waals surface area contributed by atoms with Gasteiger partial charge < -0.3 is 5.11 Å². The molecule has 4 heteroatoms. The van der Waals surface area contributed by atoms with Crippen molar-refractivity contribution in [2.24, 2.45) is 0 Å². The lowest BCUT2D eigenvalue weighted by Crippen LogP contribution is -2.41. The Morgan fingerprint density at radius 1 is 1.22 bits per heavy atom. The summed E-state index contributed by atoms with van der Waals surface area (Å²) < 4.78 is 24.8. The van der Waals surface area contributed by atoms with Crippen LogP contribution in [0.1, 0.15) is 37.3 Å². The van der Waals surface area contributed by atoms with Gasteiger partial charge in [-0.3, -0.25) is 4.90 Å². The Hall–Kier alpha value is -1.00. The van der Waals surface area contributed by atoms with E-state index in [2.05, 4.69) is 4.90 Å². The average Bonchev–Trinajstić information content (AvgIpc) is 2.33. The predicted molar refractivity (Wildman–Crippen MR) is 66.5 cm³/mol. The molecule has 0 amide bonds. The second-order valence-corrected chi connectivity index (χ2v) is 5.32. The summed E-state index contributed by atoms with van der Waals surface area (Å²) in [5.41, 5.74) is 0.567. The fourth-order valence-electron chi connectivity index (χ4n) is 2.22. The molecule has 0 aliphatic carbocycles. The maximum atomic E-state index is 12.4. The van der Waals surface area contributed by atoms with Crippen molar-refractivity contribution in [1.82, 2.24) is 4.90 Å². The lowest BCUT2D eigenvalue weighted by molar-refractivity contribution is -0.00730. The molecule has 1 fully saturated rings. The molecular formula is C14H19F2NO. The normalized spacial score (nSPS) is 20.3. The van der Waals surface area contributed by atoms with Gasteiger partial charge in [-0.15, -0.1) is 0 Å². The van der Waals surface area contributed by atoms with Gasteiger partial charge in [-0.25, -0.2) is 8.78 Å². The molecule has 1 heterocycles. The monoisotopic (exact) mass is 255 g/mol. The summed E-state index contributed by atoms with van der Waals surface area (Å²) in [4.78, 5) is 2.25. The van der Waals surface area contributed by atoms with E-state index in [1.54, 1.807) is 12.1 Å². The lowest BCUT2D eigenvalue weighted by Gasteiger charge is -2.35.